The Kier molecular flexibility index (Phi) is 2.51. The monoisotopic (exact) mass is 215 g/mol. The number of nitrogens with zero attached hydrogens (tertiary/aromatic N) is 2. The molecule has 0 unspecified atom stereocenters. The summed E-state index contributed by atoms with van der Waals surface area (Å²) in [7, 11) is 0. The Hall–Kier alpha value is -2.43. The van der Waals surface area contributed by atoms with Gasteiger partial charge in [0.1, 0.15) is 0 Å². The lowest BCUT2D eigenvalue weighted by molar-refractivity contribution is 0.1000. The molecule has 1 aromatic heterocycles. The Morgan fingerprint density at radius 2 is 2.12 bits per heavy atom. The highest BCUT2D eigenvalue weighted by Gasteiger charge is 2.07. The lowest BCUT2D eigenvalue weighted by Gasteiger charge is -2.03. The molecule has 0 radical (unpaired) electrons. The molecule has 80 valence electrons. The van der Waals surface area contributed by atoms with E-state index in [9.17, 15) is 9.59 Å². The van der Waals surface area contributed by atoms with Gasteiger partial charge in [-0.2, -0.15) is 5.10 Å². The van der Waals surface area contributed by atoms with Crippen molar-refractivity contribution in [1.82, 2.24) is 9.78 Å². The Labute approximate surface area is 91.5 Å². The van der Waals surface area contributed by atoms with Crippen LogP contribution < -0.4 is 5.73 Å². The normalized spacial score (nSPS) is 10.0. The van der Waals surface area contributed by atoms with Gasteiger partial charge in [0.2, 0.25) is 0 Å². The Bertz CT molecular complexity index is 546. The average Bonchev–Trinajstić information content (AvgIpc) is 2.78. The molecule has 1 aromatic carbocycles. The van der Waals surface area contributed by atoms with Crippen molar-refractivity contribution in [3.05, 3.63) is 47.8 Å². The number of amides is 1. The number of para-hydroxylation sites is 1. The van der Waals surface area contributed by atoms with Gasteiger partial charge in [0.25, 0.3) is 5.91 Å². The van der Waals surface area contributed by atoms with Crippen LogP contribution in [0.2, 0.25) is 0 Å². The summed E-state index contributed by atoms with van der Waals surface area (Å²) in [6.07, 6.45) is 3.59. The van der Waals surface area contributed by atoms with Gasteiger partial charge in [0, 0.05) is 11.8 Å². The number of carbonyl (C=O) groups is 2. The SMILES string of the molecule is NC(=O)c1cnn(-c2ccccc2C=O)c1. The van der Waals surface area contributed by atoms with Crippen LogP contribution in [-0.2, 0) is 0 Å². The van der Waals surface area contributed by atoms with Crippen molar-refractivity contribution in [3.63, 3.8) is 0 Å². The Morgan fingerprint density at radius 3 is 2.75 bits per heavy atom. The summed E-state index contributed by atoms with van der Waals surface area (Å²) in [6, 6.07) is 6.95. The Balaban J connectivity index is 2.50. The highest BCUT2D eigenvalue weighted by molar-refractivity contribution is 5.92. The number of hydrogen-bond acceptors (Lipinski definition) is 3. The summed E-state index contributed by atoms with van der Waals surface area (Å²) in [5, 5.41) is 3.97. The molecule has 1 amide bonds. The van der Waals surface area contributed by atoms with Gasteiger partial charge in [0.05, 0.1) is 17.4 Å². The van der Waals surface area contributed by atoms with Gasteiger partial charge in [-0.1, -0.05) is 12.1 Å². The van der Waals surface area contributed by atoms with Crippen molar-refractivity contribution in [1.29, 1.82) is 0 Å². The third-order valence-corrected chi connectivity index (χ3v) is 2.18. The third kappa shape index (κ3) is 1.70. The highest BCUT2D eigenvalue weighted by Crippen LogP contribution is 2.12. The maximum Gasteiger partial charge on any atom is 0.251 e. The first kappa shape index (κ1) is 10.1. The molecule has 0 aliphatic rings. The van der Waals surface area contributed by atoms with Crippen LogP contribution in [0.25, 0.3) is 5.69 Å². The molecule has 0 spiro atoms. The van der Waals surface area contributed by atoms with Crippen LogP contribution in [0, 0.1) is 0 Å². The molecular weight excluding hydrogens is 206 g/mol. The Morgan fingerprint density at radius 1 is 1.38 bits per heavy atom. The van der Waals surface area contributed by atoms with Crippen LogP contribution in [0.15, 0.2) is 36.7 Å². The molecule has 0 saturated heterocycles. The average molecular weight is 215 g/mol. The van der Waals surface area contributed by atoms with Crippen molar-refractivity contribution < 1.29 is 9.59 Å². The van der Waals surface area contributed by atoms with E-state index in [0.29, 0.717) is 16.8 Å². The molecule has 0 aliphatic carbocycles. The van der Waals surface area contributed by atoms with Gasteiger partial charge in [0.15, 0.2) is 6.29 Å². The van der Waals surface area contributed by atoms with Crippen LogP contribution in [0.1, 0.15) is 20.7 Å². The van der Waals surface area contributed by atoms with Gasteiger partial charge >= 0.3 is 0 Å². The number of rotatable bonds is 3. The topological polar surface area (TPSA) is 78.0 Å². The fourth-order valence-corrected chi connectivity index (χ4v) is 1.38. The maximum absolute atomic E-state index is 10.9. The molecule has 0 saturated carbocycles. The minimum atomic E-state index is -0.546. The summed E-state index contributed by atoms with van der Waals surface area (Å²) < 4.78 is 1.45. The second-order valence-corrected chi connectivity index (χ2v) is 3.21. The van der Waals surface area contributed by atoms with Gasteiger partial charge in [-0.25, -0.2) is 4.68 Å². The number of primary amides is 1. The summed E-state index contributed by atoms with van der Waals surface area (Å²) >= 11 is 0. The van der Waals surface area contributed by atoms with E-state index in [2.05, 4.69) is 5.10 Å². The van der Waals surface area contributed by atoms with Crippen molar-refractivity contribution in [2.75, 3.05) is 0 Å². The second kappa shape index (κ2) is 3.98. The number of hydrogen-bond donors (Lipinski definition) is 1. The van der Waals surface area contributed by atoms with E-state index in [1.54, 1.807) is 24.3 Å². The largest absolute Gasteiger partial charge is 0.366 e. The standard InChI is InChI=1S/C11H9N3O2/c12-11(16)9-5-13-14(6-9)10-4-2-1-3-8(10)7-15/h1-7H,(H2,12,16). The molecule has 0 atom stereocenters. The van der Waals surface area contributed by atoms with E-state index < -0.39 is 5.91 Å². The summed E-state index contributed by atoms with van der Waals surface area (Å²) in [6.45, 7) is 0. The van der Waals surface area contributed by atoms with E-state index in [1.807, 2.05) is 0 Å². The zero-order chi connectivity index (χ0) is 11.5. The fourth-order valence-electron chi connectivity index (χ4n) is 1.38. The van der Waals surface area contributed by atoms with E-state index in [-0.39, 0.29) is 0 Å². The first-order chi connectivity index (χ1) is 7.72. The number of aromatic nitrogens is 2. The number of nitrogens with two attached hydrogens (primary N) is 1. The van der Waals surface area contributed by atoms with E-state index in [4.69, 9.17) is 5.73 Å². The predicted molar refractivity (Wildman–Crippen MR) is 57.5 cm³/mol. The van der Waals surface area contributed by atoms with E-state index in [0.717, 1.165) is 6.29 Å². The molecule has 0 aliphatic heterocycles. The predicted octanol–water partition coefficient (Wildman–Crippen LogP) is 0.784. The number of aldehydes is 1. The molecular formula is C11H9N3O2. The molecule has 0 fully saturated rings. The molecule has 1 heterocycles. The number of carbonyl (C=O) groups excluding carboxylic acids is 2. The lowest BCUT2D eigenvalue weighted by atomic mass is 10.2. The highest BCUT2D eigenvalue weighted by atomic mass is 16.1. The van der Waals surface area contributed by atoms with Gasteiger partial charge < -0.3 is 5.73 Å². The maximum atomic E-state index is 10.9. The van der Waals surface area contributed by atoms with Crippen LogP contribution >= 0.6 is 0 Å². The molecule has 0 bridgehead atoms. The molecule has 2 aromatic rings. The molecule has 5 heteroatoms. The van der Waals surface area contributed by atoms with E-state index in [1.165, 1.54) is 17.1 Å². The minimum absolute atomic E-state index is 0.306. The van der Waals surface area contributed by atoms with Crippen LogP contribution in [-0.4, -0.2) is 22.0 Å². The van der Waals surface area contributed by atoms with Gasteiger partial charge in [-0.15, -0.1) is 0 Å². The third-order valence-electron chi connectivity index (χ3n) is 2.18. The van der Waals surface area contributed by atoms with Crippen molar-refractivity contribution >= 4 is 12.2 Å². The molecule has 2 rings (SSSR count). The molecule has 16 heavy (non-hydrogen) atoms. The summed E-state index contributed by atoms with van der Waals surface area (Å²) in [4.78, 5) is 21.7. The number of benzene rings is 1. The smallest absolute Gasteiger partial charge is 0.251 e. The second-order valence-electron chi connectivity index (χ2n) is 3.21. The zero-order valence-electron chi connectivity index (χ0n) is 8.33. The van der Waals surface area contributed by atoms with Crippen LogP contribution in [0.4, 0.5) is 0 Å². The molecule has 5 nitrogen and oxygen atoms in total. The quantitative estimate of drug-likeness (QED) is 0.768. The van der Waals surface area contributed by atoms with E-state index >= 15 is 0 Å². The van der Waals surface area contributed by atoms with Crippen molar-refractivity contribution in [3.8, 4) is 5.69 Å². The van der Waals surface area contributed by atoms with Crippen molar-refractivity contribution in [2.24, 2.45) is 5.73 Å². The van der Waals surface area contributed by atoms with Gasteiger partial charge in [-0.3, -0.25) is 9.59 Å². The lowest BCUT2D eigenvalue weighted by Crippen LogP contribution is -2.09. The van der Waals surface area contributed by atoms with Crippen LogP contribution in [0.5, 0.6) is 0 Å². The summed E-state index contributed by atoms with van der Waals surface area (Å²) in [5.41, 5.74) is 6.54. The fraction of sp³-hybridized carbons (Fsp3) is 0. The first-order valence-corrected chi connectivity index (χ1v) is 4.61. The summed E-state index contributed by atoms with van der Waals surface area (Å²) in [5.74, 6) is -0.546. The zero-order valence-corrected chi connectivity index (χ0v) is 8.33. The molecule has 2 N–H and O–H groups in total. The van der Waals surface area contributed by atoms with Gasteiger partial charge in [-0.05, 0) is 12.1 Å². The minimum Gasteiger partial charge on any atom is -0.366 e. The van der Waals surface area contributed by atoms with Crippen molar-refractivity contribution in [2.45, 2.75) is 0 Å². The first-order valence-electron chi connectivity index (χ1n) is 4.61. The van der Waals surface area contributed by atoms with Crippen LogP contribution in [0.3, 0.4) is 0 Å².